The van der Waals surface area contributed by atoms with Crippen molar-refractivity contribution in [3.05, 3.63) is 29.6 Å². The SMILES string of the molecule is CCCCCC[n+]1cc(CC)cc(CC)c1. The summed E-state index contributed by atoms with van der Waals surface area (Å²) in [5.74, 6) is 0. The topological polar surface area (TPSA) is 3.88 Å². The summed E-state index contributed by atoms with van der Waals surface area (Å²) in [5.41, 5.74) is 2.93. The van der Waals surface area contributed by atoms with Gasteiger partial charge in [0.1, 0.15) is 6.54 Å². The Morgan fingerprint density at radius 3 is 2.00 bits per heavy atom. The lowest BCUT2D eigenvalue weighted by Gasteiger charge is -2.02. The number of hydrogen-bond donors (Lipinski definition) is 0. The first-order valence-corrected chi connectivity index (χ1v) is 6.82. The quantitative estimate of drug-likeness (QED) is 0.487. The summed E-state index contributed by atoms with van der Waals surface area (Å²) in [7, 11) is 0. The van der Waals surface area contributed by atoms with Crippen LogP contribution >= 0.6 is 0 Å². The lowest BCUT2D eigenvalue weighted by atomic mass is 10.1. The van der Waals surface area contributed by atoms with Gasteiger partial charge in [0.2, 0.25) is 0 Å². The van der Waals surface area contributed by atoms with Crippen molar-refractivity contribution in [1.82, 2.24) is 0 Å². The van der Waals surface area contributed by atoms with Gasteiger partial charge >= 0.3 is 0 Å². The molecule has 0 N–H and O–H groups in total. The van der Waals surface area contributed by atoms with Crippen LogP contribution in [0.2, 0.25) is 0 Å². The fourth-order valence-corrected chi connectivity index (χ4v) is 2.01. The summed E-state index contributed by atoms with van der Waals surface area (Å²) in [6.07, 6.45) is 12.3. The van der Waals surface area contributed by atoms with E-state index in [9.17, 15) is 0 Å². The Morgan fingerprint density at radius 2 is 1.50 bits per heavy atom. The van der Waals surface area contributed by atoms with E-state index in [1.165, 1.54) is 43.4 Å². The molecular formula is C15H26N+. The van der Waals surface area contributed by atoms with Crippen LogP contribution in [0.5, 0.6) is 0 Å². The molecule has 0 aromatic carbocycles. The smallest absolute Gasteiger partial charge is 0.171 e. The largest absolute Gasteiger partial charge is 0.205 e. The van der Waals surface area contributed by atoms with E-state index in [4.69, 9.17) is 0 Å². The van der Waals surface area contributed by atoms with Crippen LogP contribution < -0.4 is 4.57 Å². The summed E-state index contributed by atoms with van der Waals surface area (Å²) in [6.45, 7) is 7.91. The standard InChI is InChI=1S/C15H26N/c1-4-7-8-9-10-16-12-14(5-2)11-15(6-3)13-16/h11-13H,4-10H2,1-3H3/q+1. The molecule has 0 amide bonds. The second-order valence-electron chi connectivity index (χ2n) is 4.56. The Labute approximate surface area is 101 Å². The summed E-state index contributed by atoms with van der Waals surface area (Å²) in [5, 5.41) is 0. The number of hydrogen-bond acceptors (Lipinski definition) is 0. The molecular weight excluding hydrogens is 194 g/mol. The van der Waals surface area contributed by atoms with Gasteiger partial charge in [-0.25, -0.2) is 4.57 Å². The van der Waals surface area contributed by atoms with Crippen LogP contribution in [0, 0.1) is 0 Å². The summed E-state index contributed by atoms with van der Waals surface area (Å²) in [6, 6.07) is 2.34. The van der Waals surface area contributed by atoms with Crippen LogP contribution in [-0.4, -0.2) is 0 Å². The highest BCUT2D eigenvalue weighted by atomic mass is 14.9. The lowest BCUT2D eigenvalue weighted by Crippen LogP contribution is -2.34. The van der Waals surface area contributed by atoms with Gasteiger partial charge < -0.3 is 0 Å². The van der Waals surface area contributed by atoms with E-state index in [-0.39, 0.29) is 0 Å². The molecule has 0 fully saturated rings. The summed E-state index contributed by atoms with van der Waals surface area (Å²) in [4.78, 5) is 0. The molecule has 0 unspecified atom stereocenters. The number of unbranched alkanes of at least 4 members (excludes halogenated alkanes) is 3. The molecule has 0 aliphatic carbocycles. The molecule has 0 aliphatic rings. The second-order valence-corrected chi connectivity index (χ2v) is 4.56. The maximum Gasteiger partial charge on any atom is 0.171 e. The molecule has 0 aliphatic heterocycles. The van der Waals surface area contributed by atoms with Crippen molar-refractivity contribution in [3.8, 4) is 0 Å². The zero-order chi connectivity index (χ0) is 11.8. The molecule has 1 aromatic heterocycles. The minimum Gasteiger partial charge on any atom is -0.205 e. The van der Waals surface area contributed by atoms with Crippen molar-refractivity contribution in [1.29, 1.82) is 0 Å². The maximum absolute atomic E-state index is 2.38. The number of aryl methyl sites for hydroxylation is 3. The summed E-state index contributed by atoms with van der Waals surface area (Å²) < 4.78 is 2.38. The van der Waals surface area contributed by atoms with E-state index in [0.29, 0.717) is 0 Å². The number of rotatable bonds is 7. The predicted octanol–water partition coefficient (Wildman–Crippen LogP) is 3.68. The average Bonchev–Trinajstić information content (AvgIpc) is 2.34. The first-order valence-electron chi connectivity index (χ1n) is 6.82. The fourth-order valence-electron chi connectivity index (χ4n) is 2.01. The van der Waals surface area contributed by atoms with Crippen molar-refractivity contribution in [2.75, 3.05) is 0 Å². The predicted molar refractivity (Wildman–Crippen MR) is 69.5 cm³/mol. The molecule has 0 atom stereocenters. The average molecular weight is 220 g/mol. The highest BCUT2D eigenvalue weighted by molar-refractivity contribution is 5.14. The Balaban J connectivity index is 2.57. The zero-order valence-corrected chi connectivity index (χ0v) is 11.1. The Morgan fingerprint density at radius 1 is 0.875 bits per heavy atom. The molecule has 90 valence electrons. The van der Waals surface area contributed by atoms with Crippen LogP contribution in [0.25, 0.3) is 0 Å². The van der Waals surface area contributed by atoms with E-state index < -0.39 is 0 Å². The zero-order valence-electron chi connectivity index (χ0n) is 11.1. The van der Waals surface area contributed by atoms with E-state index in [1.807, 2.05) is 0 Å². The molecule has 1 nitrogen and oxygen atoms in total. The Hall–Kier alpha value is -0.850. The highest BCUT2D eigenvalue weighted by Gasteiger charge is 2.05. The molecule has 0 saturated carbocycles. The Kier molecular flexibility index (Phi) is 6.14. The third-order valence-corrected chi connectivity index (χ3v) is 3.12. The van der Waals surface area contributed by atoms with Crippen LogP contribution in [0.4, 0.5) is 0 Å². The van der Waals surface area contributed by atoms with E-state index in [2.05, 4.69) is 43.8 Å². The van der Waals surface area contributed by atoms with Crippen LogP contribution in [0.15, 0.2) is 18.5 Å². The highest BCUT2D eigenvalue weighted by Crippen LogP contribution is 2.04. The first-order chi connectivity index (χ1) is 7.80. The first kappa shape index (κ1) is 13.2. The van der Waals surface area contributed by atoms with Gasteiger partial charge in [-0.3, -0.25) is 0 Å². The van der Waals surface area contributed by atoms with Crippen molar-refractivity contribution >= 4 is 0 Å². The van der Waals surface area contributed by atoms with Gasteiger partial charge in [0, 0.05) is 17.5 Å². The molecule has 1 heteroatoms. The van der Waals surface area contributed by atoms with E-state index in [1.54, 1.807) is 0 Å². The minimum absolute atomic E-state index is 1.14. The Bertz CT molecular complexity index is 282. The van der Waals surface area contributed by atoms with Crippen molar-refractivity contribution in [2.45, 2.75) is 65.8 Å². The van der Waals surface area contributed by atoms with Crippen LogP contribution in [-0.2, 0) is 19.4 Å². The molecule has 0 saturated heterocycles. The maximum atomic E-state index is 2.38. The third kappa shape index (κ3) is 4.34. The summed E-state index contributed by atoms with van der Waals surface area (Å²) >= 11 is 0. The molecule has 1 heterocycles. The molecule has 1 aromatic rings. The molecule has 1 rings (SSSR count). The van der Waals surface area contributed by atoms with Gasteiger partial charge in [-0.15, -0.1) is 0 Å². The second kappa shape index (κ2) is 7.43. The monoisotopic (exact) mass is 220 g/mol. The lowest BCUT2D eigenvalue weighted by molar-refractivity contribution is -0.698. The van der Waals surface area contributed by atoms with Crippen LogP contribution in [0.3, 0.4) is 0 Å². The molecule has 0 radical (unpaired) electrons. The number of nitrogens with zero attached hydrogens (tertiary/aromatic N) is 1. The molecule has 16 heavy (non-hydrogen) atoms. The van der Waals surface area contributed by atoms with Gasteiger partial charge in [-0.2, -0.15) is 0 Å². The van der Waals surface area contributed by atoms with Crippen molar-refractivity contribution in [3.63, 3.8) is 0 Å². The van der Waals surface area contributed by atoms with Gasteiger partial charge in [-0.1, -0.05) is 33.6 Å². The fraction of sp³-hybridized carbons (Fsp3) is 0.667. The van der Waals surface area contributed by atoms with E-state index >= 15 is 0 Å². The normalized spacial score (nSPS) is 10.7. The van der Waals surface area contributed by atoms with Gasteiger partial charge in [-0.05, 0) is 25.3 Å². The van der Waals surface area contributed by atoms with Crippen molar-refractivity contribution < 1.29 is 4.57 Å². The van der Waals surface area contributed by atoms with Crippen molar-refractivity contribution in [2.24, 2.45) is 0 Å². The number of aromatic nitrogens is 1. The third-order valence-electron chi connectivity index (χ3n) is 3.12. The minimum atomic E-state index is 1.14. The van der Waals surface area contributed by atoms with Gasteiger partial charge in [0.25, 0.3) is 0 Å². The van der Waals surface area contributed by atoms with Gasteiger partial charge in [0.05, 0.1) is 0 Å². The van der Waals surface area contributed by atoms with Gasteiger partial charge in [0.15, 0.2) is 12.4 Å². The molecule has 0 spiro atoms. The van der Waals surface area contributed by atoms with Crippen LogP contribution in [0.1, 0.15) is 57.6 Å². The number of pyridine rings is 1. The van der Waals surface area contributed by atoms with E-state index in [0.717, 1.165) is 12.8 Å². The molecule has 0 bridgehead atoms.